The van der Waals surface area contributed by atoms with Crippen LogP contribution in [0.3, 0.4) is 0 Å². The number of sulfone groups is 1. The summed E-state index contributed by atoms with van der Waals surface area (Å²) in [7, 11) is -3.23. The molecule has 0 saturated carbocycles. The fourth-order valence-corrected chi connectivity index (χ4v) is 3.82. The lowest BCUT2D eigenvalue weighted by Crippen LogP contribution is -2.19. The Kier molecular flexibility index (Phi) is 5.49. The first-order valence-corrected chi connectivity index (χ1v) is 8.10. The molecule has 100 valence electrons. The maximum absolute atomic E-state index is 11.5. The average Bonchev–Trinajstić information content (AvgIpc) is 2.29. The highest BCUT2D eigenvalue weighted by Gasteiger charge is 2.12. The van der Waals surface area contributed by atoms with E-state index in [-0.39, 0.29) is 23.7 Å². The largest absolute Gasteiger partial charge is 0.508 e. The molecule has 1 amide bonds. The molecule has 0 aromatic heterocycles. The zero-order chi connectivity index (χ0) is 13.6. The van der Waals surface area contributed by atoms with E-state index >= 15 is 0 Å². The van der Waals surface area contributed by atoms with Gasteiger partial charge in [0.2, 0.25) is 5.91 Å². The van der Waals surface area contributed by atoms with Gasteiger partial charge in [-0.3, -0.25) is 4.79 Å². The van der Waals surface area contributed by atoms with Gasteiger partial charge in [-0.05, 0) is 24.3 Å². The first kappa shape index (κ1) is 14.8. The SMILES string of the molecule is NC(=O)CCS(=O)(=O)CCSc1ccc(O)cc1. The molecule has 0 saturated heterocycles. The second-order valence-corrected chi connectivity index (χ2v) is 7.18. The number of aromatic hydroxyl groups is 1. The molecule has 7 heteroatoms. The van der Waals surface area contributed by atoms with Gasteiger partial charge in [-0.1, -0.05) is 0 Å². The van der Waals surface area contributed by atoms with Crippen molar-refractivity contribution in [3.8, 4) is 5.75 Å². The number of carbonyl (C=O) groups is 1. The number of primary amides is 1. The quantitative estimate of drug-likeness (QED) is 0.723. The predicted octanol–water partition coefficient (Wildman–Crippen LogP) is 0.774. The molecule has 0 unspecified atom stereocenters. The van der Waals surface area contributed by atoms with Gasteiger partial charge in [0.25, 0.3) is 0 Å². The van der Waals surface area contributed by atoms with Crippen molar-refractivity contribution in [3.63, 3.8) is 0 Å². The Bertz CT molecular complexity index is 496. The number of carbonyl (C=O) groups excluding carboxylic acids is 1. The van der Waals surface area contributed by atoms with Crippen molar-refractivity contribution in [1.82, 2.24) is 0 Å². The topological polar surface area (TPSA) is 97.5 Å². The molecule has 3 N–H and O–H groups in total. The van der Waals surface area contributed by atoms with Crippen molar-refractivity contribution >= 4 is 27.5 Å². The summed E-state index contributed by atoms with van der Waals surface area (Å²) in [5.74, 6) is -0.214. The van der Waals surface area contributed by atoms with Crippen molar-refractivity contribution < 1.29 is 18.3 Å². The summed E-state index contributed by atoms with van der Waals surface area (Å²) < 4.78 is 23.0. The van der Waals surface area contributed by atoms with Crippen molar-refractivity contribution in [2.75, 3.05) is 17.3 Å². The lowest BCUT2D eigenvalue weighted by molar-refractivity contribution is -0.117. The van der Waals surface area contributed by atoms with E-state index in [0.717, 1.165) is 4.90 Å². The van der Waals surface area contributed by atoms with E-state index < -0.39 is 15.7 Å². The molecule has 0 aliphatic heterocycles. The van der Waals surface area contributed by atoms with Gasteiger partial charge in [-0.2, -0.15) is 0 Å². The molecule has 18 heavy (non-hydrogen) atoms. The van der Waals surface area contributed by atoms with Crippen LogP contribution in [-0.4, -0.2) is 36.7 Å². The third-order valence-corrected chi connectivity index (χ3v) is 5.08. The summed E-state index contributed by atoms with van der Waals surface area (Å²) in [6.07, 6.45) is -0.133. The number of benzene rings is 1. The molecule has 0 radical (unpaired) electrons. The van der Waals surface area contributed by atoms with Gasteiger partial charge in [-0.25, -0.2) is 8.42 Å². The predicted molar refractivity (Wildman–Crippen MR) is 71.3 cm³/mol. The molecule has 0 bridgehead atoms. The van der Waals surface area contributed by atoms with E-state index in [9.17, 15) is 13.2 Å². The third kappa shape index (κ3) is 5.92. The Morgan fingerprint density at radius 3 is 2.39 bits per heavy atom. The monoisotopic (exact) mass is 289 g/mol. The average molecular weight is 289 g/mol. The minimum absolute atomic E-state index is 0.00578. The second kappa shape index (κ2) is 6.65. The van der Waals surface area contributed by atoms with Gasteiger partial charge in [0, 0.05) is 17.1 Å². The van der Waals surface area contributed by atoms with Gasteiger partial charge in [0.05, 0.1) is 11.5 Å². The van der Waals surface area contributed by atoms with Gasteiger partial charge in [-0.15, -0.1) is 11.8 Å². The number of phenolic OH excluding ortho intramolecular Hbond substituents is 1. The van der Waals surface area contributed by atoms with Crippen LogP contribution in [0.4, 0.5) is 0 Å². The highest BCUT2D eigenvalue weighted by atomic mass is 32.2. The summed E-state index contributed by atoms with van der Waals surface area (Å²) >= 11 is 1.38. The van der Waals surface area contributed by atoms with Crippen LogP contribution in [0.15, 0.2) is 29.2 Å². The molecule has 1 aromatic rings. The van der Waals surface area contributed by atoms with E-state index in [1.54, 1.807) is 24.3 Å². The van der Waals surface area contributed by atoms with Crippen molar-refractivity contribution in [2.45, 2.75) is 11.3 Å². The molecule has 0 atom stereocenters. The number of phenols is 1. The van der Waals surface area contributed by atoms with Gasteiger partial charge >= 0.3 is 0 Å². The fraction of sp³-hybridized carbons (Fsp3) is 0.364. The van der Waals surface area contributed by atoms with Crippen molar-refractivity contribution in [3.05, 3.63) is 24.3 Å². The first-order valence-electron chi connectivity index (χ1n) is 5.29. The van der Waals surface area contributed by atoms with Crippen LogP contribution in [0.25, 0.3) is 0 Å². The standard InChI is InChI=1S/C11H15NO4S2/c12-11(14)5-7-18(15,16)8-6-17-10-3-1-9(13)2-4-10/h1-4,13H,5-8H2,(H2,12,14). The number of amides is 1. The van der Waals surface area contributed by atoms with E-state index in [1.807, 2.05) is 0 Å². The number of thioether (sulfide) groups is 1. The molecule has 0 spiro atoms. The Hall–Kier alpha value is -1.21. The maximum atomic E-state index is 11.5. The van der Waals surface area contributed by atoms with Crippen molar-refractivity contribution in [2.24, 2.45) is 5.73 Å². The highest BCUT2D eigenvalue weighted by molar-refractivity contribution is 8.00. The third-order valence-electron chi connectivity index (χ3n) is 2.16. The molecule has 0 aliphatic rings. The van der Waals surface area contributed by atoms with Gasteiger partial charge in [0.15, 0.2) is 9.84 Å². The Morgan fingerprint density at radius 2 is 1.83 bits per heavy atom. The molecular formula is C11H15NO4S2. The number of rotatable bonds is 7. The molecule has 0 heterocycles. The lowest BCUT2D eigenvalue weighted by Gasteiger charge is -2.03. The molecule has 0 fully saturated rings. The molecule has 5 nitrogen and oxygen atoms in total. The van der Waals surface area contributed by atoms with Crippen LogP contribution in [0.1, 0.15) is 6.42 Å². The number of hydrogen-bond acceptors (Lipinski definition) is 5. The zero-order valence-electron chi connectivity index (χ0n) is 9.70. The maximum Gasteiger partial charge on any atom is 0.218 e. The van der Waals surface area contributed by atoms with Crippen molar-refractivity contribution in [1.29, 1.82) is 0 Å². The lowest BCUT2D eigenvalue weighted by atomic mass is 10.3. The molecule has 1 aromatic carbocycles. The fourth-order valence-electron chi connectivity index (χ4n) is 1.19. The molecule has 0 aliphatic carbocycles. The van der Waals surface area contributed by atoms with E-state index in [4.69, 9.17) is 10.8 Å². The summed E-state index contributed by atoms with van der Waals surface area (Å²) in [4.78, 5) is 11.4. The minimum Gasteiger partial charge on any atom is -0.508 e. The Balaban J connectivity index is 2.37. The van der Waals surface area contributed by atoms with Crippen LogP contribution >= 0.6 is 11.8 Å². The highest BCUT2D eigenvalue weighted by Crippen LogP contribution is 2.20. The normalized spacial score (nSPS) is 11.3. The molecular weight excluding hydrogens is 274 g/mol. The van der Waals surface area contributed by atoms with Crippen LogP contribution in [0, 0.1) is 0 Å². The van der Waals surface area contributed by atoms with E-state index in [1.165, 1.54) is 11.8 Å². The zero-order valence-corrected chi connectivity index (χ0v) is 11.3. The van der Waals surface area contributed by atoms with Gasteiger partial charge in [0.1, 0.15) is 5.75 Å². The number of nitrogens with two attached hydrogens (primary N) is 1. The van der Waals surface area contributed by atoms with E-state index in [0.29, 0.717) is 5.75 Å². The first-order chi connectivity index (χ1) is 8.39. The smallest absolute Gasteiger partial charge is 0.218 e. The van der Waals surface area contributed by atoms with Crippen LogP contribution in [-0.2, 0) is 14.6 Å². The summed E-state index contributed by atoms with van der Waals surface area (Å²) in [6.45, 7) is 0. The van der Waals surface area contributed by atoms with Crippen LogP contribution in [0.2, 0.25) is 0 Å². The van der Waals surface area contributed by atoms with Gasteiger partial charge < -0.3 is 10.8 Å². The Labute approximate surface area is 110 Å². The minimum atomic E-state index is -3.23. The summed E-state index contributed by atoms with van der Waals surface area (Å²) in [5.41, 5.74) is 4.90. The van der Waals surface area contributed by atoms with E-state index in [2.05, 4.69) is 0 Å². The summed E-state index contributed by atoms with van der Waals surface area (Å²) in [6, 6.07) is 6.53. The van der Waals surface area contributed by atoms with Crippen LogP contribution in [0.5, 0.6) is 5.75 Å². The Morgan fingerprint density at radius 1 is 1.22 bits per heavy atom. The number of hydrogen-bond donors (Lipinski definition) is 2. The summed E-state index contributed by atoms with van der Waals surface area (Å²) in [5, 5.41) is 9.08. The van der Waals surface area contributed by atoms with Crippen LogP contribution < -0.4 is 5.73 Å². The molecule has 1 rings (SSSR count). The second-order valence-electron chi connectivity index (χ2n) is 3.71.